The lowest BCUT2D eigenvalue weighted by Crippen LogP contribution is -2.09. The minimum absolute atomic E-state index is 0.484. The van der Waals surface area contributed by atoms with Crippen LogP contribution < -0.4 is 18.1 Å². The van der Waals surface area contributed by atoms with Crippen molar-refractivity contribution in [2.75, 3.05) is 0 Å². The van der Waals surface area contributed by atoms with Gasteiger partial charge < -0.3 is 18.1 Å². The van der Waals surface area contributed by atoms with Crippen molar-refractivity contribution < 1.29 is 22.4 Å². The Morgan fingerprint density at radius 1 is 0.364 bits per heavy atom. The van der Waals surface area contributed by atoms with Gasteiger partial charge in [-0.25, -0.2) is 0 Å². The zero-order chi connectivity index (χ0) is 23.0. The van der Waals surface area contributed by atoms with Crippen molar-refractivity contribution in [1.29, 1.82) is 0 Å². The molecule has 0 saturated heterocycles. The average molecular weight is 515 g/mol. The van der Waals surface area contributed by atoms with Gasteiger partial charge in [0.25, 0.3) is 0 Å². The molecule has 0 aliphatic heterocycles. The second kappa shape index (κ2) is 11.0. The first-order valence-electron chi connectivity index (χ1n) is 9.92. The van der Waals surface area contributed by atoms with Crippen molar-refractivity contribution in [3.8, 4) is 23.0 Å². The summed E-state index contributed by atoms with van der Waals surface area (Å²) in [7, 11) is 0. The maximum Gasteiger partial charge on any atom is 0.443 e. The summed E-state index contributed by atoms with van der Waals surface area (Å²) in [6, 6.07) is 36.2. The number of benzene rings is 4. The number of hydrogen-bond donors (Lipinski definition) is 0. The van der Waals surface area contributed by atoms with Crippen LogP contribution in [0.3, 0.4) is 0 Å². The molecule has 0 saturated carbocycles. The van der Waals surface area contributed by atoms with E-state index in [0.717, 1.165) is 0 Å². The van der Waals surface area contributed by atoms with E-state index in [1.54, 1.807) is 48.5 Å². The van der Waals surface area contributed by atoms with E-state index in [4.69, 9.17) is 46.0 Å². The molecule has 0 unspecified atom stereocenters. The first-order valence-corrected chi connectivity index (χ1v) is 15.0. The lowest BCUT2D eigenvalue weighted by atomic mass is 10.3. The molecular weight excluding hydrogens is 494 g/mol. The van der Waals surface area contributed by atoms with E-state index >= 15 is 0 Å². The van der Waals surface area contributed by atoms with Gasteiger partial charge in [-0.05, 0) is 48.5 Å². The highest BCUT2D eigenvalue weighted by Crippen LogP contribution is 2.65. The zero-order valence-corrected chi connectivity index (χ0v) is 20.7. The molecule has 0 radical (unpaired) electrons. The quantitative estimate of drug-likeness (QED) is 0.200. The third-order valence-electron chi connectivity index (χ3n) is 4.04. The Bertz CT molecular complexity index is 1050. The summed E-state index contributed by atoms with van der Waals surface area (Å²) in [6.07, 6.45) is 0. The summed E-state index contributed by atoms with van der Waals surface area (Å²) in [5.41, 5.74) is 0. The summed E-state index contributed by atoms with van der Waals surface area (Å²) in [4.78, 5) is 0. The van der Waals surface area contributed by atoms with Gasteiger partial charge in [-0.1, -0.05) is 72.8 Å². The van der Waals surface area contributed by atoms with Gasteiger partial charge in [0.05, 0.1) is 0 Å². The molecule has 0 amide bonds. The highest BCUT2D eigenvalue weighted by Gasteiger charge is 2.38. The van der Waals surface area contributed by atoms with Crippen LogP contribution in [0.25, 0.3) is 0 Å². The topological polar surface area (TPSA) is 46.2 Å². The fourth-order valence-electron chi connectivity index (χ4n) is 2.67. The van der Waals surface area contributed by atoms with Crippen molar-refractivity contribution >= 4 is 37.1 Å². The second-order valence-electron chi connectivity index (χ2n) is 6.59. The zero-order valence-electron chi connectivity index (χ0n) is 17.3. The fraction of sp³-hybridized carbons (Fsp3) is 0. The number of rotatable bonds is 10. The Balaban J connectivity index is 1.69. The Morgan fingerprint density at radius 2 is 0.576 bits per heavy atom. The van der Waals surface area contributed by atoms with Crippen molar-refractivity contribution in [3.05, 3.63) is 121 Å². The van der Waals surface area contributed by atoms with E-state index in [2.05, 4.69) is 0 Å². The summed E-state index contributed by atoms with van der Waals surface area (Å²) >= 11 is 11.6. The number of para-hydroxylation sites is 4. The van der Waals surface area contributed by atoms with Crippen LogP contribution in [0.15, 0.2) is 121 Å². The largest absolute Gasteiger partial charge is 0.443 e. The third kappa shape index (κ3) is 7.16. The molecule has 0 aliphatic rings. The molecule has 0 atom stereocenters. The smallest absolute Gasteiger partial charge is 0.415 e. The molecule has 0 aliphatic carbocycles. The SMILES string of the molecule is S=P(Oc1ccccc1)(Oc1ccccc1)OP(=S)(Oc1ccccc1)Oc1ccccc1. The van der Waals surface area contributed by atoms with Crippen LogP contribution in [0.2, 0.25) is 0 Å². The van der Waals surface area contributed by atoms with Crippen LogP contribution in [0.1, 0.15) is 0 Å². The van der Waals surface area contributed by atoms with E-state index in [9.17, 15) is 0 Å². The molecule has 0 fully saturated rings. The third-order valence-corrected chi connectivity index (χ3v) is 9.47. The van der Waals surface area contributed by atoms with E-state index in [-0.39, 0.29) is 0 Å². The minimum atomic E-state index is -3.53. The van der Waals surface area contributed by atoms with Crippen LogP contribution in [0.4, 0.5) is 0 Å². The molecule has 0 N–H and O–H groups in total. The van der Waals surface area contributed by atoms with E-state index in [1.165, 1.54) is 0 Å². The van der Waals surface area contributed by atoms with Gasteiger partial charge in [-0.3, -0.25) is 0 Å². The first kappa shape index (κ1) is 23.5. The average Bonchev–Trinajstić information content (AvgIpc) is 2.81. The lowest BCUT2D eigenvalue weighted by Gasteiger charge is -2.28. The van der Waals surface area contributed by atoms with Gasteiger partial charge in [0, 0.05) is 23.6 Å². The highest BCUT2D eigenvalue weighted by atomic mass is 32.5. The van der Waals surface area contributed by atoms with Crippen LogP contribution in [0, 0.1) is 0 Å². The van der Waals surface area contributed by atoms with Gasteiger partial charge in [0.1, 0.15) is 23.0 Å². The maximum atomic E-state index is 6.20. The molecule has 0 spiro atoms. The number of hydrogen-bond acceptors (Lipinski definition) is 7. The molecule has 4 aromatic carbocycles. The minimum Gasteiger partial charge on any atom is -0.415 e. The van der Waals surface area contributed by atoms with Gasteiger partial charge >= 0.3 is 13.4 Å². The van der Waals surface area contributed by atoms with Crippen LogP contribution in [0.5, 0.6) is 23.0 Å². The summed E-state index contributed by atoms with van der Waals surface area (Å²) in [6.45, 7) is -7.06. The first-order chi connectivity index (χ1) is 16.0. The maximum absolute atomic E-state index is 6.20. The van der Waals surface area contributed by atoms with E-state index in [0.29, 0.717) is 23.0 Å². The summed E-state index contributed by atoms with van der Waals surface area (Å²) < 4.78 is 30.4. The second-order valence-corrected chi connectivity index (χ2v) is 12.4. The van der Waals surface area contributed by atoms with E-state index in [1.807, 2.05) is 72.8 Å². The van der Waals surface area contributed by atoms with Gasteiger partial charge in [-0.2, -0.15) is 4.31 Å². The molecular formula is C24H20O5P2S2. The van der Waals surface area contributed by atoms with Crippen molar-refractivity contribution in [2.45, 2.75) is 0 Å². The van der Waals surface area contributed by atoms with Crippen molar-refractivity contribution in [2.24, 2.45) is 0 Å². The molecule has 0 heterocycles. The van der Waals surface area contributed by atoms with Gasteiger partial charge in [0.15, 0.2) is 0 Å². The van der Waals surface area contributed by atoms with Gasteiger partial charge in [-0.15, -0.1) is 0 Å². The van der Waals surface area contributed by atoms with Crippen molar-refractivity contribution in [3.63, 3.8) is 0 Å². The van der Waals surface area contributed by atoms with Gasteiger partial charge in [0.2, 0.25) is 0 Å². The standard InChI is InChI=1S/C24H20O5P2S2/c32-30(25-21-13-5-1-6-14-21,26-22-15-7-2-8-16-22)29-31(33,27-23-17-9-3-10-18-23)28-24-19-11-4-12-20-24/h1-20H. The molecule has 4 aromatic rings. The highest BCUT2D eigenvalue weighted by molar-refractivity contribution is 8.15. The Kier molecular flexibility index (Phi) is 7.81. The Hall–Kier alpha value is -2.66. The van der Waals surface area contributed by atoms with Crippen LogP contribution >= 0.6 is 13.4 Å². The summed E-state index contributed by atoms with van der Waals surface area (Å²) in [5, 5.41) is 0. The summed E-state index contributed by atoms with van der Waals surface area (Å²) in [5.74, 6) is 1.94. The molecule has 33 heavy (non-hydrogen) atoms. The monoisotopic (exact) mass is 514 g/mol. The Labute approximate surface area is 203 Å². The van der Waals surface area contributed by atoms with E-state index < -0.39 is 13.4 Å². The van der Waals surface area contributed by atoms with Crippen LogP contribution in [-0.4, -0.2) is 0 Å². The fourth-order valence-corrected chi connectivity index (χ4v) is 8.77. The van der Waals surface area contributed by atoms with Crippen molar-refractivity contribution in [1.82, 2.24) is 0 Å². The normalized spacial score (nSPS) is 11.4. The molecule has 168 valence electrons. The predicted molar refractivity (Wildman–Crippen MR) is 138 cm³/mol. The lowest BCUT2D eigenvalue weighted by molar-refractivity contribution is 0.336. The molecule has 9 heteroatoms. The molecule has 0 bridgehead atoms. The van der Waals surface area contributed by atoms with Crippen LogP contribution in [-0.2, 0) is 27.9 Å². The molecule has 5 nitrogen and oxygen atoms in total. The molecule has 0 aromatic heterocycles. The predicted octanol–water partition coefficient (Wildman–Crippen LogP) is 7.77. The molecule has 4 rings (SSSR count). The Morgan fingerprint density at radius 3 is 0.788 bits per heavy atom.